The van der Waals surface area contributed by atoms with Crippen molar-refractivity contribution in [3.63, 3.8) is 0 Å². The first-order valence-electron chi connectivity index (χ1n) is 6.70. The van der Waals surface area contributed by atoms with Crippen LogP contribution in [0.5, 0.6) is 0 Å². The average molecular weight is 312 g/mol. The quantitative estimate of drug-likeness (QED) is 0.609. The van der Waals surface area contributed by atoms with E-state index in [0.717, 1.165) is 12.0 Å². The van der Waals surface area contributed by atoms with Gasteiger partial charge in [0.15, 0.2) is 0 Å². The molecule has 0 aliphatic rings. The van der Waals surface area contributed by atoms with E-state index in [0.29, 0.717) is 6.42 Å². The van der Waals surface area contributed by atoms with E-state index in [1.165, 1.54) is 10.1 Å². The second kappa shape index (κ2) is 6.67. The van der Waals surface area contributed by atoms with E-state index in [-0.39, 0.29) is 17.5 Å². The molecule has 0 spiro atoms. The summed E-state index contributed by atoms with van der Waals surface area (Å²) >= 11 is 1.69. The van der Waals surface area contributed by atoms with Crippen molar-refractivity contribution in [3.05, 3.63) is 35.2 Å². The molecule has 0 amide bonds. The van der Waals surface area contributed by atoms with Crippen LogP contribution in [0, 0.1) is 0 Å². The van der Waals surface area contributed by atoms with E-state index < -0.39 is 9.84 Å². The summed E-state index contributed by atoms with van der Waals surface area (Å²) in [6.45, 7) is 1.68. The van der Waals surface area contributed by atoms with Crippen LogP contribution in [-0.2, 0) is 9.84 Å². The summed E-state index contributed by atoms with van der Waals surface area (Å²) in [5.41, 5.74) is 3.97. The lowest BCUT2D eigenvalue weighted by Crippen LogP contribution is -2.28. The third-order valence-corrected chi connectivity index (χ3v) is 6.25. The number of benzene rings is 1. The van der Waals surface area contributed by atoms with Crippen LogP contribution in [0.25, 0.3) is 10.1 Å². The molecular formula is C14H20N2O2S2. The average Bonchev–Trinajstić information content (AvgIpc) is 2.87. The van der Waals surface area contributed by atoms with Crippen molar-refractivity contribution in [2.75, 3.05) is 11.5 Å². The number of sulfone groups is 1. The summed E-state index contributed by atoms with van der Waals surface area (Å²) < 4.78 is 24.3. The molecule has 20 heavy (non-hydrogen) atoms. The highest BCUT2D eigenvalue weighted by atomic mass is 32.2. The lowest BCUT2D eigenvalue weighted by Gasteiger charge is -2.15. The van der Waals surface area contributed by atoms with Crippen LogP contribution >= 0.6 is 11.3 Å². The fourth-order valence-corrected chi connectivity index (χ4v) is 4.16. The molecule has 110 valence electrons. The highest BCUT2D eigenvalue weighted by molar-refractivity contribution is 7.91. The Hall–Kier alpha value is -0.950. The van der Waals surface area contributed by atoms with Gasteiger partial charge in [0.05, 0.1) is 5.75 Å². The third-order valence-electron chi connectivity index (χ3n) is 3.48. The lowest BCUT2D eigenvalue weighted by molar-refractivity contribution is 0.511. The maximum atomic E-state index is 11.5. The van der Waals surface area contributed by atoms with E-state index in [4.69, 9.17) is 5.84 Å². The van der Waals surface area contributed by atoms with E-state index >= 15 is 0 Å². The highest BCUT2D eigenvalue weighted by Gasteiger charge is 2.16. The first-order valence-corrected chi connectivity index (χ1v) is 9.40. The normalized spacial score (nSPS) is 13.7. The maximum absolute atomic E-state index is 11.5. The van der Waals surface area contributed by atoms with Gasteiger partial charge in [0.1, 0.15) is 9.84 Å². The van der Waals surface area contributed by atoms with Crippen molar-refractivity contribution in [2.24, 2.45) is 5.84 Å². The minimum absolute atomic E-state index is 0.00166. The van der Waals surface area contributed by atoms with Crippen LogP contribution < -0.4 is 11.3 Å². The van der Waals surface area contributed by atoms with Gasteiger partial charge in [-0.15, -0.1) is 11.3 Å². The summed E-state index contributed by atoms with van der Waals surface area (Å²) in [5, 5.41) is 3.29. The minimum Gasteiger partial charge on any atom is -0.271 e. The molecule has 1 unspecified atom stereocenters. The minimum atomic E-state index is -2.90. The van der Waals surface area contributed by atoms with Crippen LogP contribution in [0.4, 0.5) is 0 Å². The zero-order chi connectivity index (χ0) is 14.6. The van der Waals surface area contributed by atoms with Crippen LogP contribution in [0.1, 0.15) is 31.4 Å². The number of nitrogens with two attached hydrogens (primary N) is 1. The number of thiophene rings is 1. The van der Waals surface area contributed by atoms with Gasteiger partial charge in [0, 0.05) is 16.5 Å². The Morgan fingerprint density at radius 2 is 2.10 bits per heavy atom. The predicted molar refractivity (Wildman–Crippen MR) is 85.5 cm³/mol. The first-order chi connectivity index (χ1) is 9.57. The molecule has 0 fully saturated rings. The van der Waals surface area contributed by atoms with Gasteiger partial charge in [0.2, 0.25) is 0 Å². The topological polar surface area (TPSA) is 72.2 Å². The lowest BCUT2D eigenvalue weighted by atomic mass is 10.0. The van der Waals surface area contributed by atoms with Gasteiger partial charge in [-0.3, -0.25) is 11.3 Å². The molecule has 1 aromatic heterocycles. The molecule has 0 saturated heterocycles. The molecule has 0 bridgehead atoms. The van der Waals surface area contributed by atoms with Gasteiger partial charge >= 0.3 is 0 Å². The Morgan fingerprint density at radius 3 is 2.80 bits per heavy atom. The van der Waals surface area contributed by atoms with Gasteiger partial charge in [-0.25, -0.2) is 8.42 Å². The third kappa shape index (κ3) is 3.58. The molecule has 6 heteroatoms. The van der Waals surface area contributed by atoms with Crippen LogP contribution in [0.3, 0.4) is 0 Å². The molecule has 3 N–H and O–H groups in total. The van der Waals surface area contributed by atoms with Gasteiger partial charge in [-0.1, -0.05) is 25.1 Å². The van der Waals surface area contributed by atoms with Gasteiger partial charge in [-0.2, -0.15) is 0 Å². The Kier molecular flexibility index (Phi) is 5.15. The monoisotopic (exact) mass is 312 g/mol. The standard InChI is InChI=1S/C14H20N2O2S2/c1-2-20(17,18)9-5-7-13(16-15)12-10-19-14-8-4-3-6-11(12)14/h3-4,6,8,10,13,16H,2,5,7,9,15H2,1H3. The van der Waals surface area contributed by atoms with E-state index in [1.807, 2.05) is 12.1 Å². The summed E-state index contributed by atoms with van der Waals surface area (Å²) in [5.74, 6) is 6.07. The van der Waals surface area contributed by atoms with Crippen molar-refractivity contribution in [1.29, 1.82) is 0 Å². The predicted octanol–water partition coefficient (Wildman–Crippen LogP) is 2.62. The fourth-order valence-electron chi connectivity index (χ4n) is 2.25. The molecule has 2 aromatic rings. The van der Waals surface area contributed by atoms with Crippen LogP contribution in [0.15, 0.2) is 29.6 Å². The van der Waals surface area contributed by atoms with E-state index in [1.54, 1.807) is 18.3 Å². The number of rotatable bonds is 7. The van der Waals surface area contributed by atoms with Crippen LogP contribution in [0.2, 0.25) is 0 Å². The SMILES string of the molecule is CCS(=O)(=O)CCCC(NN)c1csc2ccccc12. The maximum Gasteiger partial charge on any atom is 0.150 e. The number of hydrogen-bond donors (Lipinski definition) is 2. The van der Waals surface area contributed by atoms with Crippen molar-refractivity contribution in [2.45, 2.75) is 25.8 Å². The summed E-state index contributed by atoms with van der Waals surface area (Å²) in [7, 11) is -2.90. The van der Waals surface area contributed by atoms with Crippen molar-refractivity contribution >= 4 is 31.3 Å². The Morgan fingerprint density at radius 1 is 1.35 bits per heavy atom. The van der Waals surface area contributed by atoms with Gasteiger partial charge in [-0.05, 0) is 35.2 Å². The van der Waals surface area contributed by atoms with E-state index in [9.17, 15) is 8.42 Å². The Labute approximate surface area is 123 Å². The summed E-state index contributed by atoms with van der Waals surface area (Å²) in [6, 6.07) is 8.18. The molecule has 0 radical (unpaired) electrons. The Bertz CT molecular complexity index is 665. The Balaban J connectivity index is 2.09. The molecule has 1 heterocycles. The number of nitrogens with one attached hydrogen (secondary N) is 1. The number of hydrogen-bond acceptors (Lipinski definition) is 5. The molecular weight excluding hydrogens is 292 g/mol. The highest BCUT2D eigenvalue weighted by Crippen LogP contribution is 2.31. The number of hydrazine groups is 1. The van der Waals surface area contributed by atoms with Gasteiger partial charge < -0.3 is 0 Å². The molecule has 2 rings (SSSR count). The zero-order valence-electron chi connectivity index (χ0n) is 11.5. The van der Waals surface area contributed by atoms with Crippen molar-refractivity contribution in [1.82, 2.24) is 5.43 Å². The summed E-state index contributed by atoms with van der Waals surface area (Å²) in [4.78, 5) is 0. The smallest absolute Gasteiger partial charge is 0.150 e. The molecule has 1 aromatic carbocycles. The van der Waals surface area contributed by atoms with E-state index in [2.05, 4.69) is 22.9 Å². The number of fused-ring (bicyclic) bond motifs is 1. The van der Waals surface area contributed by atoms with Crippen molar-refractivity contribution < 1.29 is 8.42 Å². The largest absolute Gasteiger partial charge is 0.271 e. The van der Waals surface area contributed by atoms with Crippen molar-refractivity contribution in [3.8, 4) is 0 Å². The second-order valence-corrected chi connectivity index (χ2v) is 8.17. The second-order valence-electron chi connectivity index (χ2n) is 4.79. The molecule has 1 atom stereocenters. The fraction of sp³-hybridized carbons (Fsp3) is 0.429. The molecule has 0 saturated carbocycles. The first kappa shape index (κ1) is 15.4. The van der Waals surface area contributed by atoms with Crippen LogP contribution in [-0.4, -0.2) is 19.9 Å². The van der Waals surface area contributed by atoms with Gasteiger partial charge in [0.25, 0.3) is 0 Å². The molecule has 0 aliphatic carbocycles. The summed E-state index contributed by atoms with van der Waals surface area (Å²) in [6.07, 6.45) is 1.34. The molecule has 4 nitrogen and oxygen atoms in total. The molecule has 0 aliphatic heterocycles. The zero-order valence-corrected chi connectivity index (χ0v) is 13.1.